The highest BCUT2D eigenvalue weighted by molar-refractivity contribution is 7.92. The summed E-state index contributed by atoms with van der Waals surface area (Å²) in [6.45, 7) is 3.60. The number of hydrogen-bond donors (Lipinski definition) is 0. The number of benzene rings is 1. The predicted octanol–water partition coefficient (Wildman–Crippen LogP) is 1.80. The first kappa shape index (κ1) is 17.4. The third kappa shape index (κ3) is 3.49. The molecule has 2 atom stereocenters. The summed E-state index contributed by atoms with van der Waals surface area (Å²) in [4.78, 5) is -0.0153. The van der Waals surface area contributed by atoms with Crippen LogP contribution in [0.3, 0.4) is 0 Å². The number of hydrogen-bond acceptors (Lipinski definition) is 4. The Morgan fingerprint density at radius 2 is 1.91 bits per heavy atom. The molecule has 1 heterocycles. The predicted molar refractivity (Wildman–Crippen MR) is 82.2 cm³/mol. The molecule has 22 heavy (non-hydrogen) atoms. The van der Waals surface area contributed by atoms with Gasteiger partial charge in [-0.2, -0.15) is 4.31 Å². The largest absolute Gasteiger partial charge is 0.243 e. The maximum Gasteiger partial charge on any atom is 0.243 e. The SMILES string of the molecule is CC[C@H](C)N([C@@H]1CCS(=O)(=O)C1)S(=O)(=O)c1ccc(F)cc1. The van der Waals surface area contributed by atoms with Crippen LogP contribution < -0.4 is 0 Å². The highest BCUT2D eigenvalue weighted by atomic mass is 32.2. The average Bonchev–Trinajstić information content (AvgIpc) is 2.78. The van der Waals surface area contributed by atoms with Crippen LogP contribution in [0.1, 0.15) is 26.7 Å². The van der Waals surface area contributed by atoms with E-state index in [1.165, 1.54) is 16.4 Å². The van der Waals surface area contributed by atoms with Gasteiger partial charge in [-0.3, -0.25) is 0 Å². The van der Waals surface area contributed by atoms with Gasteiger partial charge in [0, 0.05) is 12.1 Å². The van der Waals surface area contributed by atoms with Crippen LogP contribution in [0, 0.1) is 5.82 Å². The standard InChI is InChI=1S/C14H20FNO4S2/c1-3-11(2)16(13-8-9-21(17,18)10-13)22(19,20)14-6-4-12(15)5-7-14/h4-7,11,13H,3,8-10H2,1-2H3/t11-,13+/m0/s1. The quantitative estimate of drug-likeness (QED) is 0.813. The number of rotatable bonds is 5. The van der Waals surface area contributed by atoms with Crippen LogP contribution in [0.5, 0.6) is 0 Å². The molecule has 1 fully saturated rings. The van der Waals surface area contributed by atoms with Gasteiger partial charge in [-0.15, -0.1) is 0 Å². The second-order valence-corrected chi connectivity index (χ2v) is 9.67. The van der Waals surface area contributed by atoms with E-state index in [-0.39, 0.29) is 22.4 Å². The maximum absolute atomic E-state index is 13.0. The van der Waals surface area contributed by atoms with Crippen LogP contribution in [0.15, 0.2) is 29.2 Å². The van der Waals surface area contributed by atoms with E-state index in [0.717, 1.165) is 12.1 Å². The molecule has 1 aliphatic rings. The fourth-order valence-electron chi connectivity index (χ4n) is 2.68. The number of sulfonamides is 1. The fraction of sp³-hybridized carbons (Fsp3) is 0.571. The summed E-state index contributed by atoms with van der Waals surface area (Å²) in [5.41, 5.74) is 0. The molecule has 1 aromatic rings. The van der Waals surface area contributed by atoms with Gasteiger partial charge >= 0.3 is 0 Å². The van der Waals surface area contributed by atoms with E-state index in [1.807, 2.05) is 6.92 Å². The van der Waals surface area contributed by atoms with Crippen LogP contribution >= 0.6 is 0 Å². The molecular formula is C14H20FNO4S2. The van der Waals surface area contributed by atoms with Crippen LogP contribution in [0.2, 0.25) is 0 Å². The van der Waals surface area contributed by atoms with Crippen LogP contribution in [-0.2, 0) is 19.9 Å². The van der Waals surface area contributed by atoms with Crippen molar-refractivity contribution in [1.29, 1.82) is 0 Å². The zero-order chi connectivity index (χ0) is 16.5. The van der Waals surface area contributed by atoms with E-state index in [9.17, 15) is 21.2 Å². The molecule has 0 radical (unpaired) electrons. The Morgan fingerprint density at radius 1 is 1.32 bits per heavy atom. The minimum atomic E-state index is -3.86. The van der Waals surface area contributed by atoms with Gasteiger partial charge in [0.2, 0.25) is 10.0 Å². The van der Waals surface area contributed by atoms with Crippen LogP contribution in [-0.4, -0.2) is 44.7 Å². The molecule has 1 aromatic carbocycles. The number of nitrogens with zero attached hydrogens (tertiary/aromatic N) is 1. The zero-order valence-corrected chi connectivity index (χ0v) is 14.2. The molecule has 1 saturated heterocycles. The Kier molecular flexibility index (Phi) is 4.93. The van der Waals surface area contributed by atoms with Crippen molar-refractivity contribution in [2.75, 3.05) is 11.5 Å². The molecule has 0 aliphatic carbocycles. The van der Waals surface area contributed by atoms with Crippen molar-refractivity contribution in [3.8, 4) is 0 Å². The second kappa shape index (κ2) is 6.25. The number of halogens is 1. The summed E-state index contributed by atoms with van der Waals surface area (Å²) in [5, 5.41) is 0. The van der Waals surface area contributed by atoms with Crippen molar-refractivity contribution in [2.24, 2.45) is 0 Å². The summed E-state index contributed by atoms with van der Waals surface area (Å²) >= 11 is 0. The van der Waals surface area contributed by atoms with Crippen molar-refractivity contribution in [1.82, 2.24) is 4.31 Å². The molecule has 1 aliphatic heterocycles. The van der Waals surface area contributed by atoms with Crippen molar-refractivity contribution < 1.29 is 21.2 Å². The Balaban J connectivity index is 2.43. The van der Waals surface area contributed by atoms with Crippen LogP contribution in [0.25, 0.3) is 0 Å². The Hall–Kier alpha value is -0.990. The molecule has 124 valence electrons. The minimum Gasteiger partial charge on any atom is -0.229 e. The topological polar surface area (TPSA) is 71.5 Å². The van der Waals surface area contributed by atoms with E-state index in [0.29, 0.717) is 12.8 Å². The molecule has 0 aromatic heterocycles. The minimum absolute atomic E-state index is 0.00351. The van der Waals surface area contributed by atoms with Crippen molar-refractivity contribution in [2.45, 2.75) is 43.7 Å². The smallest absolute Gasteiger partial charge is 0.229 e. The zero-order valence-electron chi connectivity index (χ0n) is 12.6. The van der Waals surface area contributed by atoms with E-state index < -0.39 is 31.7 Å². The molecule has 0 amide bonds. The first-order chi connectivity index (χ1) is 10.2. The monoisotopic (exact) mass is 349 g/mol. The summed E-state index contributed by atoms with van der Waals surface area (Å²) < 4.78 is 63.4. The van der Waals surface area contributed by atoms with Gasteiger partial charge in [-0.05, 0) is 44.0 Å². The van der Waals surface area contributed by atoms with Gasteiger partial charge in [0.25, 0.3) is 0 Å². The highest BCUT2D eigenvalue weighted by Gasteiger charge is 2.40. The molecule has 0 unspecified atom stereocenters. The Morgan fingerprint density at radius 3 is 2.36 bits per heavy atom. The lowest BCUT2D eigenvalue weighted by Crippen LogP contribution is -2.46. The van der Waals surface area contributed by atoms with Gasteiger partial charge in [0.05, 0.1) is 16.4 Å². The third-order valence-electron chi connectivity index (χ3n) is 3.98. The highest BCUT2D eigenvalue weighted by Crippen LogP contribution is 2.28. The van der Waals surface area contributed by atoms with E-state index in [4.69, 9.17) is 0 Å². The van der Waals surface area contributed by atoms with Crippen molar-refractivity contribution >= 4 is 19.9 Å². The fourth-order valence-corrected chi connectivity index (χ4v) is 6.40. The van der Waals surface area contributed by atoms with E-state index in [1.54, 1.807) is 6.92 Å². The molecule has 0 saturated carbocycles. The summed E-state index contributed by atoms with van der Waals surface area (Å²) in [6.07, 6.45) is 0.865. The van der Waals surface area contributed by atoms with E-state index >= 15 is 0 Å². The van der Waals surface area contributed by atoms with Gasteiger partial charge in [0.1, 0.15) is 5.82 Å². The lowest BCUT2D eigenvalue weighted by atomic mass is 10.2. The van der Waals surface area contributed by atoms with E-state index in [2.05, 4.69) is 0 Å². The normalized spacial score (nSPS) is 22.8. The van der Waals surface area contributed by atoms with Gasteiger partial charge in [0.15, 0.2) is 9.84 Å². The molecular weight excluding hydrogens is 329 g/mol. The summed E-state index contributed by atoms with van der Waals surface area (Å²) in [7, 11) is -7.06. The molecule has 5 nitrogen and oxygen atoms in total. The number of sulfone groups is 1. The first-order valence-corrected chi connectivity index (χ1v) is 10.4. The van der Waals surface area contributed by atoms with Crippen molar-refractivity contribution in [3.63, 3.8) is 0 Å². The molecule has 0 N–H and O–H groups in total. The Bertz CT molecular complexity index is 729. The molecule has 0 spiro atoms. The molecule has 0 bridgehead atoms. The molecule has 8 heteroatoms. The molecule has 2 rings (SSSR count). The van der Waals surface area contributed by atoms with Crippen molar-refractivity contribution in [3.05, 3.63) is 30.1 Å². The first-order valence-electron chi connectivity index (χ1n) is 7.17. The third-order valence-corrected chi connectivity index (χ3v) is 7.81. The van der Waals surface area contributed by atoms with Gasteiger partial charge in [-0.1, -0.05) is 6.92 Å². The summed E-state index contributed by atoms with van der Waals surface area (Å²) in [5.74, 6) is -0.668. The Labute approximate surface area is 131 Å². The average molecular weight is 349 g/mol. The van der Waals surface area contributed by atoms with Gasteiger partial charge < -0.3 is 0 Å². The lowest BCUT2D eigenvalue weighted by molar-refractivity contribution is 0.271. The second-order valence-electron chi connectivity index (χ2n) is 5.60. The van der Waals surface area contributed by atoms with Gasteiger partial charge in [-0.25, -0.2) is 21.2 Å². The maximum atomic E-state index is 13.0. The lowest BCUT2D eigenvalue weighted by Gasteiger charge is -2.32. The summed E-state index contributed by atoms with van der Waals surface area (Å²) in [6, 6.07) is 3.72. The van der Waals surface area contributed by atoms with Crippen LogP contribution in [0.4, 0.5) is 4.39 Å².